The highest BCUT2D eigenvalue weighted by atomic mass is 35.5. The number of Topliss-reactive ketones (excluding diaryl/α,β-unsaturated/α-hetero) is 1. The Morgan fingerprint density at radius 1 is 0.815 bits per heavy atom. The smallest absolute Gasteiger partial charge is 0.405 e. The molecule has 0 radical (unpaired) electrons. The van der Waals surface area contributed by atoms with Crippen molar-refractivity contribution in [3.63, 3.8) is 0 Å². The molecular formula is C37H37Cl2F5N4O6. The lowest BCUT2D eigenvalue weighted by Gasteiger charge is -2.29. The van der Waals surface area contributed by atoms with E-state index in [0.717, 1.165) is 5.32 Å². The summed E-state index contributed by atoms with van der Waals surface area (Å²) in [6.45, 7) is 0.404. The highest BCUT2D eigenvalue weighted by Gasteiger charge is 2.53. The number of alkyl halides is 5. The zero-order valence-electron chi connectivity index (χ0n) is 29.2. The third kappa shape index (κ3) is 10.5. The molecule has 1 saturated carbocycles. The number of nitrogens with one attached hydrogen (secondary N) is 4. The lowest BCUT2D eigenvalue weighted by molar-refractivity contribution is -0.165. The first-order valence-corrected chi connectivity index (χ1v) is 17.4. The van der Waals surface area contributed by atoms with Crippen LogP contribution in [0.3, 0.4) is 0 Å². The SMILES string of the molecule is COc1ccc(C(NC(=O)C(Cc2cccc(Cl)c2)NC(=O)C2(c3cccc(Cl)c3)CC2)C(=O)NC(C(=O)C(F)(F)C(=O)NCC(F)(F)F)C(C)C)cc1. The molecule has 3 aromatic carbocycles. The molecule has 1 fully saturated rings. The van der Waals surface area contributed by atoms with Gasteiger partial charge in [0.2, 0.25) is 23.5 Å². The Bertz CT molecular complexity index is 1870. The first kappa shape index (κ1) is 42.0. The van der Waals surface area contributed by atoms with Crippen LogP contribution in [0.2, 0.25) is 10.0 Å². The van der Waals surface area contributed by atoms with Crippen molar-refractivity contribution in [1.29, 1.82) is 0 Å². The van der Waals surface area contributed by atoms with Gasteiger partial charge in [0.15, 0.2) is 0 Å². The second-order valence-corrected chi connectivity index (χ2v) is 14.0. The number of ether oxygens (including phenoxy) is 1. The van der Waals surface area contributed by atoms with Gasteiger partial charge >= 0.3 is 12.1 Å². The topological polar surface area (TPSA) is 143 Å². The molecule has 3 aromatic rings. The Balaban J connectivity index is 1.65. The molecule has 1 aliphatic carbocycles. The summed E-state index contributed by atoms with van der Waals surface area (Å²) in [4.78, 5) is 67.0. The van der Waals surface area contributed by atoms with Crippen LogP contribution in [0.25, 0.3) is 0 Å². The van der Waals surface area contributed by atoms with Crippen LogP contribution in [0.15, 0.2) is 72.8 Å². The van der Waals surface area contributed by atoms with E-state index in [9.17, 15) is 45.9 Å². The predicted molar refractivity (Wildman–Crippen MR) is 189 cm³/mol. The number of ketones is 1. The maximum absolute atomic E-state index is 15.0. The van der Waals surface area contributed by atoms with Crippen LogP contribution in [0.1, 0.15) is 49.4 Å². The molecular weight excluding hydrogens is 762 g/mol. The zero-order valence-corrected chi connectivity index (χ0v) is 30.7. The molecule has 3 unspecified atom stereocenters. The van der Waals surface area contributed by atoms with Crippen LogP contribution in [0.5, 0.6) is 5.75 Å². The molecule has 4 N–H and O–H groups in total. The van der Waals surface area contributed by atoms with Crippen molar-refractivity contribution in [2.45, 2.75) is 68.7 Å². The van der Waals surface area contributed by atoms with Crippen molar-refractivity contribution in [3.05, 3.63) is 99.5 Å². The summed E-state index contributed by atoms with van der Waals surface area (Å²) in [6, 6.07) is 13.8. The normalized spacial score (nSPS) is 15.3. The number of rotatable bonds is 16. The summed E-state index contributed by atoms with van der Waals surface area (Å²) in [5.41, 5.74) is 0.292. The highest BCUT2D eigenvalue weighted by molar-refractivity contribution is 6.31. The lowest BCUT2D eigenvalue weighted by atomic mass is 9.93. The number of hydrogen-bond donors (Lipinski definition) is 4. The van der Waals surface area contributed by atoms with E-state index in [1.54, 1.807) is 48.5 Å². The van der Waals surface area contributed by atoms with Gasteiger partial charge in [-0.15, -0.1) is 0 Å². The Labute approximate surface area is 317 Å². The van der Waals surface area contributed by atoms with E-state index in [2.05, 4.69) is 16.0 Å². The van der Waals surface area contributed by atoms with Gasteiger partial charge in [-0.3, -0.25) is 24.0 Å². The van der Waals surface area contributed by atoms with Gasteiger partial charge in [-0.2, -0.15) is 22.0 Å². The summed E-state index contributed by atoms with van der Waals surface area (Å²) < 4.78 is 72.9. The number of hydrogen-bond acceptors (Lipinski definition) is 6. The number of halogens is 7. The van der Waals surface area contributed by atoms with Crippen molar-refractivity contribution in [2.24, 2.45) is 5.92 Å². The van der Waals surface area contributed by atoms with E-state index in [1.807, 2.05) is 0 Å². The summed E-state index contributed by atoms with van der Waals surface area (Å²) in [7, 11) is 1.38. The number of methoxy groups -OCH3 is 1. The molecule has 0 bridgehead atoms. The molecule has 290 valence electrons. The molecule has 0 aromatic heterocycles. The Kier molecular flexibility index (Phi) is 13.3. The molecule has 4 amide bonds. The summed E-state index contributed by atoms with van der Waals surface area (Å²) in [5, 5.41) is 9.23. The zero-order chi connectivity index (χ0) is 40.0. The van der Waals surface area contributed by atoms with Crippen LogP contribution in [-0.4, -0.2) is 67.2 Å². The van der Waals surface area contributed by atoms with E-state index in [-0.39, 0.29) is 12.0 Å². The fraction of sp³-hybridized carbons (Fsp3) is 0.378. The first-order chi connectivity index (χ1) is 25.3. The van der Waals surface area contributed by atoms with Gasteiger partial charge in [-0.05, 0) is 71.8 Å². The minimum absolute atomic E-state index is 0.0942. The van der Waals surface area contributed by atoms with Gasteiger partial charge in [0.05, 0.1) is 18.6 Å². The average Bonchev–Trinajstić information content (AvgIpc) is 3.93. The quantitative estimate of drug-likeness (QED) is 0.109. The molecule has 0 spiro atoms. The Morgan fingerprint density at radius 3 is 1.96 bits per heavy atom. The van der Waals surface area contributed by atoms with Crippen molar-refractivity contribution in [1.82, 2.24) is 21.3 Å². The molecule has 54 heavy (non-hydrogen) atoms. The largest absolute Gasteiger partial charge is 0.497 e. The lowest BCUT2D eigenvalue weighted by Crippen LogP contribution is -2.59. The van der Waals surface area contributed by atoms with Gasteiger partial charge in [0, 0.05) is 16.5 Å². The standard InChI is InChI=1S/C37H37Cl2F5N4O6/c1-20(2)28(30(49)37(43,44)34(53)45-19-36(40,41)42)47-32(51)29(22-10-12-26(54-3)13-11-22)48-31(50)27(17-21-6-4-8-24(38)16-21)46-33(52)35(14-15-35)23-7-5-9-25(39)18-23/h4-13,16,18,20,27-29H,14-15,17,19H2,1-3H3,(H,45,53)(H,46,52)(H,47,51)(H,48,50). The Hall–Kier alpha value is -4.76. The number of carbonyl (C=O) groups excluding carboxylic acids is 5. The first-order valence-electron chi connectivity index (χ1n) is 16.6. The molecule has 0 heterocycles. The Morgan fingerprint density at radius 2 is 1.43 bits per heavy atom. The fourth-order valence-corrected chi connectivity index (χ4v) is 6.08. The van der Waals surface area contributed by atoms with Crippen molar-refractivity contribution in [2.75, 3.05) is 13.7 Å². The molecule has 1 aliphatic rings. The van der Waals surface area contributed by atoms with Gasteiger partial charge < -0.3 is 26.0 Å². The number of carbonyl (C=O) groups is 5. The second kappa shape index (κ2) is 17.1. The van der Waals surface area contributed by atoms with Gasteiger partial charge in [-0.25, -0.2) is 0 Å². The van der Waals surface area contributed by atoms with E-state index < -0.39 is 77.5 Å². The van der Waals surface area contributed by atoms with E-state index in [4.69, 9.17) is 27.9 Å². The van der Waals surface area contributed by atoms with Gasteiger partial charge in [-0.1, -0.05) is 73.4 Å². The molecule has 3 atom stereocenters. The number of benzene rings is 3. The van der Waals surface area contributed by atoms with Crippen LogP contribution in [0.4, 0.5) is 22.0 Å². The monoisotopic (exact) mass is 798 g/mol. The minimum Gasteiger partial charge on any atom is -0.497 e. The van der Waals surface area contributed by atoms with Gasteiger partial charge in [0.25, 0.3) is 5.91 Å². The van der Waals surface area contributed by atoms with Crippen LogP contribution < -0.4 is 26.0 Å². The van der Waals surface area contributed by atoms with E-state index >= 15 is 0 Å². The van der Waals surface area contributed by atoms with Crippen molar-refractivity contribution < 1.29 is 50.7 Å². The van der Waals surface area contributed by atoms with Crippen molar-refractivity contribution >= 4 is 52.6 Å². The van der Waals surface area contributed by atoms with Crippen LogP contribution >= 0.6 is 23.2 Å². The van der Waals surface area contributed by atoms with Crippen molar-refractivity contribution in [3.8, 4) is 5.75 Å². The predicted octanol–water partition coefficient (Wildman–Crippen LogP) is 5.64. The van der Waals surface area contributed by atoms with Gasteiger partial charge in [0.1, 0.15) is 24.4 Å². The summed E-state index contributed by atoms with van der Waals surface area (Å²) >= 11 is 12.4. The summed E-state index contributed by atoms with van der Waals surface area (Å²) in [6.07, 6.45) is -4.22. The summed E-state index contributed by atoms with van der Waals surface area (Å²) in [5.74, 6) is -13.0. The second-order valence-electron chi connectivity index (χ2n) is 13.1. The fourth-order valence-electron chi connectivity index (χ4n) is 5.67. The van der Waals surface area contributed by atoms with Crippen LogP contribution in [0, 0.1) is 5.92 Å². The third-order valence-electron chi connectivity index (χ3n) is 8.80. The molecule has 4 rings (SSSR count). The molecule has 10 nitrogen and oxygen atoms in total. The number of amides is 4. The average molecular weight is 800 g/mol. The molecule has 0 aliphatic heterocycles. The maximum Gasteiger partial charge on any atom is 0.405 e. The highest BCUT2D eigenvalue weighted by Crippen LogP contribution is 2.49. The van der Waals surface area contributed by atoms with E-state index in [1.165, 1.54) is 45.2 Å². The van der Waals surface area contributed by atoms with E-state index in [0.29, 0.717) is 39.8 Å². The minimum atomic E-state index is -5.04. The maximum atomic E-state index is 15.0. The molecule has 17 heteroatoms. The molecule has 0 saturated heterocycles. The van der Waals surface area contributed by atoms with Crippen LogP contribution in [-0.2, 0) is 35.8 Å². The third-order valence-corrected chi connectivity index (χ3v) is 9.27.